The zero-order valence-electron chi connectivity index (χ0n) is 14.4. The second-order valence-corrected chi connectivity index (χ2v) is 12.7. The molecular formula is C15H32O4Si. The van der Waals surface area contributed by atoms with E-state index in [0.717, 1.165) is 0 Å². The topological polar surface area (TPSA) is 47.9 Å². The minimum absolute atomic E-state index is 0.0959. The van der Waals surface area contributed by atoms with Crippen molar-refractivity contribution < 1.29 is 19.0 Å². The van der Waals surface area contributed by atoms with Gasteiger partial charge in [-0.15, -0.1) is 0 Å². The lowest BCUT2D eigenvalue weighted by Gasteiger charge is -2.43. The summed E-state index contributed by atoms with van der Waals surface area (Å²) in [6, 6.07) is 0. The van der Waals surface area contributed by atoms with Gasteiger partial charge in [0, 0.05) is 6.61 Å². The van der Waals surface area contributed by atoms with Crippen molar-refractivity contribution in [2.75, 3.05) is 13.2 Å². The number of aliphatic hydroxyl groups is 1. The largest absolute Gasteiger partial charge is 0.411 e. The Balaban J connectivity index is 2.91. The molecule has 0 spiro atoms. The van der Waals surface area contributed by atoms with Crippen molar-refractivity contribution in [3.63, 3.8) is 0 Å². The van der Waals surface area contributed by atoms with Crippen LogP contribution in [0.4, 0.5) is 0 Å². The molecule has 20 heavy (non-hydrogen) atoms. The fraction of sp³-hybridized carbons (Fsp3) is 1.00. The summed E-state index contributed by atoms with van der Waals surface area (Å²) in [6.07, 6.45) is 0.429. The monoisotopic (exact) mass is 304 g/mol. The first-order valence-corrected chi connectivity index (χ1v) is 10.4. The van der Waals surface area contributed by atoms with Gasteiger partial charge in [-0.25, -0.2) is 0 Å². The summed E-state index contributed by atoms with van der Waals surface area (Å²) in [5, 5.41) is 9.51. The van der Waals surface area contributed by atoms with E-state index in [1.165, 1.54) is 0 Å². The lowest BCUT2D eigenvalue weighted by atomic mass is 9.98. The molecule has 5 heteroatoms. The Kier molecular flexibility index (Phi) is 5.15. The van der Waals surface area contributed by atoms with Crippen LogP contribution in [0.25, 0.3) is 0 Å². The van der Waals surface area contributed by atoms with Gasteiger partial charge in [0.05, 0.1) is 12.7 Å². The number of aliphatic hydroxyl groups excluding tert-OH is 1. The molecule has 0 aromatic heterocycles. The normalized spacial score (nSPS) is 28.6. The van der Waals surface area contributed by atoms with Crippen LogP contribution in [-0.2, 0) is 13.9 Å². The van der Waals surface area contributed by atoms with E-state index in [2.05, 4.69) is 33.9 Å². The highest BCUT2D eigenvalue weighted by Gasteiger charge is 2.50. The van der Waals surface area contributed by atoms with Crippen LogP contribution < -0.4 is 0 Å². The molecular weight excluding hydrogens is 272 g/mol. The Labute approximate surface area is 124 Å². The summed E-state index contributed by atoms with van der Waals surface area (Å²) >= 11 is 0. The quantitative estimate of drug-likeness (QED) is 0.792. The van der Waals surface area contributed by atoms with E-state index in [1.54, 1.807) is 0 Å². The molecule has 4 nitrogen and oxygen atoms in total. The molecule has 1 aliphatic heterocycles. The van der Waals surface area contributed by atoms with Crippen LogP contribution in [0.2, 0.25) is 18.1 Å². The van der Waals surface area contributed by atoms with E-state index in [4.69, 9.17) is 13.9 Å². The van der Waals surface area contributed by atoms with E-state index < -0.39 is 19.7 Å². The highest BCUT2D eigenvalue weighted by molar-refractivity contribution is 6.74. The lowest BCUT2D eigenvalue weighted by molar-refractivity contribution is -0.178. The van der Waals surface area contributed by atoms with Crippen LogP contribution in [0.1, 0.15) is 48.0 Å². The summed E-state index contributed by atoms with van der Waals surface area (Å²) in [5.41, 5.74) is -0.498. The van der Waals surface area contributed by atoms with Gasteiger partial charge in [0.2, 0.25) is 0 Å². The molecule has 1 fully saturated rings. The molecule has 0 unspecified atom stereocenters. The predicted octanol–water partition coefficient (Wildman–Crippen LogP) is 3.30. The van der Waals surface area contributed by atoms with Gasteiger partial charge < -0.3 is 19.0 Å². The minimum Gasteiger partial charge on any atom is -0.411 e. The Morgan fingerprint density at radius 1 is 1.25 bits per heavy atom. The van der Waals surface area contributed by atoms with Crippen molar-refractivity contribution in [2.24, 2.45) is 0 Å². The number of hydrogen-bond acceptors (Lipinski definition) is 4. The van der Waals surface area contributed by atoms with Gasteiger partial charge in [0.15, 0.2) is 14.1 Å². The summed E-state index contributed by atoms with van der Waals surface area (Å²) in [5.74, 6) is -0.584. The molecule has 2 atom stereocenters. The first-order valence-electron chi connectivity index (χ1n) is 7.46. The fourth-order valence-corrected chi connectivity index (χ4v) is 3.67. The summed E-state index contributed by atoms with van der Waals surface area (Å²) in [7, 11) is -1.91. The maximum Gasteiger partial charge on any atom is 0.192 e. The summed E-state index contributed by atoms with van der Waals surface area (Å²) in [4.78, 5) is 0. The molecule has 1 aliphatic rings. The Bertz CT molecular complexity index is 335. The second-order valence-electron chi connectivity index (χ2n) is 7.98. The molecule has 1 N–H and O–H groups in total. The van der Waals surface area contributed by atoms with Gasteiger partial charge in [0.25, 0.3) is 0 Å². The second kappa shape index (κ2) is 5.69. The van der Waals surface area contributed by atoms with E-state index in [-0.39, 0.29) is 17.7 Å². The summed E-state index contributed by atoms with van der Waals surface area (Å²) < 4.78 is 18.3. The Hall–Kier alpha value is 0.0569. The van der Waals surface area contributed by atoms with E-state index in [9.17, 15) is 5.11 Å². The van der Waals surface area contributed by atoms with Gasteiger partial charge >= 0.3 is 0 Å². The highest BCUT2D eigenvalue weighted by Crippen LogP contribution is 2.42. The van der Waals surface area contributed by atoms with Crippen LogP contribution in [0.3, 0.4) is 0 Å². The third kappa shape index (κ3) is 4.04. The molecule has 0 bridgehead atoms. The number of rotatable bonds is 5. The lowest BCUT2D eigenvalue weighted by Crippen LogP contribution is -2.53. The Morgan fingerprint density at radius 2 is 1.80 bits per heavy atom. The standard InChI is InChI=1S/C15H32O4Si/c1-13(2,3)20(7,8)18-12(9-10-16)15(6)11-17-14(4,5)19-15/h12,16H,9-11H2,1-8H3/t12-,15+/m1/s1. The maximum atomic E-state index is 9.38. The molecule has 1 heterocycles. The van der Waals surface area contributed by atoms with Crippen molar-refractivity contribution in [1.29, 1.82) is 0 Å². The zero-order valence-corrected chi connectivity index (χ0v) is 15.4. The van der Waals surface area contributed by atoms with Crippen LogP contribution in [0.5, 0.6) is 0 Å². The van der Waals surface area contributed by atoms with E-state index >= 15 is 0 Å². The molecule has 1 saturated heterocycles. The maximum absolute atomic E-state index is 9.38. The molecule has 0 saturated carbocycles. The van der Waals surface area contributed by atoms with Gasteiger partial charge in [-0.2, -0.15) is 0 Å². The molecule has 0 amide bonds. The van der Waals surface area contributed by atoms with Crippen LogP contribution >= 0.6 is 0 Å². The van der Waals surface area contributed by atoms with Gasteiger partial charge in [-0.1, -0.05) is 20.8 Å². The molecule has 0 aromatic carbocycles. The van der Waals surface area contributed by atoms with Crippen molar-refractivity contribution in [3.8, 4) is 0 Å². The fourth-order valence-electron chi connectivity index (χ4n) is 2.23. The molecule has 0 radical (unpaired) electrons. The van der Waals surface area contributed by atoms with Gasteiger partial charge in [-0.3, -0.25) is 0 Å². The number of hydrogen-bond donors (Lipinski definition) is 1. The minimum atomic E-state index is -1.91. The Morgan fingerprint density at radius 3 is 2.15 bits per heavy atom. The average Bonchev–Trinajstić information content (AvgIpc) is 2.52. The van der Waals surface area contributed by atoms with Crippen molar-refractivity contribution in [2.45, 2.75) is 83.6 Å². The third-order valence-corrected chi connectivity index (χ3v) is 8.99. The first-order chi connectivity index (χ1) is 8.83. The van der Waals surface area contributed by atoms with Crippen molar-refractivity contribution in [3.05, 3.63) is 0 Å². The summed E-state index contributed by atoms with van der Waals surface area (Å²) in [6.45, 7) is 17.5. The number of ether oxygens (including phenoxy) is 2. The third-order valence-electron chi connectivity index (χ3n) is 4.50. The van der Waals surface area contributed by atoms with Crippen LogP contribution in [0, 0.1) is 0 Å². The van der Waals surface area contributed by atoms with Crippen LogP contribution in [0.15, 0.2) is 0 Å². The van der Waals surface area contributed by atoms with E-state index in [0.29, 0.717) is 13.0 Å². The molecule has 0 aliphatic carbocycles. The zero-order chi connectivity index (χ0) is 15.8. The van der Waals surface area contributed by atoms with Gasteiger partial charge in [0.1, 0.15) is 5.60 Å². The van der Waals surface area contributed by atoms with Crippen LogP contribution in [-0.4, -0.2) is 44.1 Å². The average molecular weight is 305 g/mol. The van der Waals surface area contributed by atoms with E-state index in [1.807, 2.05) is 20.8 Å². The molecule has 120 valence electrons. The smallest absolute Gasteiger partial charge is 0.192 e. The highest BCUT2D eigenvalue weighted by atomic mass is 28.4. The van der Waals surface area contributed by atoms with Crippen molar-refractivity contribution in [1.82, 2.24) is 0 Å². The molecule has 0 aromatic rings. The molecule has 1 rings (SSSR count). The van der Waals surface area contributed by atoms with Crippen molar-refractivity contribution >= 4 is 8.32 Å². The predicted molar refractivity (Wildman–Crippen MR) is 83.3 cm³/mol. The SMILES string of the molecule is CC1(C)OC[C@@](C)([C@@H](CCO)O[Si](C)(C)C(C)(C)C)O1. The first kappa shape index (κ1) is 18.1. The van der Waals surface area contributed by atoms with Gasteiger partial charge in [-0.05, 0) is 45.3 Å².